The fraction of sp³-hybridized carbons (Fsp3) is 0.455. The highest BCUT2D eigenvalue weighted by Crippen LogP contribution is 2.39. The number of hydrogen-bond donors (Lipinski definition) is 1. The number of piperidine rings is 1. The van der Waals surface area contributed by atoms with E-state index in [1.165, 1.54) is 6.07 Å². The maximum atomic E-state index is 13.6. The summed E-state index contributed by atoms with van der Waals surface area (Å²) in [5.41, 5.74) is 0.958. The van der Waals surface area contributed by atoms with Crippen LogP contribution in [0.3, 0.4) is 0 Å². The van der Waals surface area contributed by atoms with E-state index in [1.807, 2.05) is 30.0 Å². The molecule has 2 aromatic heterocycles. The highest BCUT2D eigenvalue weighted by Gasteiger charge is 2.53. The molecule has 7 nitrogen and oxygen atoms in total. The molecule has 152 valence electrons. The van der Waals surface area contributed by atoms with Crippen LogP contribution in [0.5, 0.6) is 0 Å². The first-order valence-corrected chi connectivity index (χ1v) is 10.3. The number of aromatic nitrogens is 2. The Morgan fingerprint density at radius 3 is 2.66 bits per heavy atom. The van der Waals surface area contributed by atoms with Crippen molar-refractivity contribution in [1.29, 1.82) is 0 Å². The first-order chi connectivity index (χ1) is 14.0. The highest BCUT2D eigenvalue weighted by atomic mass is 16.2. The molecule has 0 aromatic carbocycles. The van der Waals surface area contributed by atoms with Gasteiger partial charge in [-0.25, -0.2) is 0 Å². The van der Waals surface area contributed by atoms with Crippen LogP contribution in [0.2, 0.25) is 0 Å². The van der Waals surface area contributed by atoms with Gasteiger partial charge in [0.25, 0.3) is 5.91 Å². The number of amides is 2. The quantitative estimate of drug-likeness (QED) is 0.861. The van der Waals surface area contributed by atoms with Crippen LogP contribution in [0, 0.1) is 0 Å². The summed E-state index contributed by atoms with van der Waals surface area (Å²) in [5.74, 6) is -0.147. The summed E-state index contributed by atoms with van der Waals surface area (Å²) in [6, 6.07) is 8.66. The van der Waals surface area contributed by atoms with Crippen molar-refractivity contribution in [2.45, 2.75) is 51.1 Å². The molecule has 0 radical (unpaired) electrons. The molecule has 2 aliphatic rings. The van der Waals surface area contributed by atoms with Gasteiger partial charge in [0.1, 0.15) is 5.54 Å². The SMILES string of the molecule is CCc1[nH]c(=O)ccc1C(=O)N1CCCC12CCCN(Cc1ccccn1)C2=O. The lowest BCUT2D eigenvalue weighted by Crippen LogP contribution is -2.61. The van der Waals surface area contributed by atoms with E-state index in [-0.39, 0.29) is 17.4 Å². The molecule has 4 rings (SSSR count). The molecule has 0 bridgehead atoms. The zero-order valence-electron chi connectivity index (χ0n) is 16.7. The normalized spacial score (nSPS) is 21.8. The lowest BCUT2D eigenvalue weighted by molar-refractivity contribution is -0.146. The van der Waals surface area contributed by atoms with Crippen molar-refractivity contribution in [2.75, 3.05) is 13.1 Å². The van der Waals surface area contributed by atoms with Gasteiger partial charge in [-0.05, 0) is 50.3 Å². The largest absolute Gasteiger partial charge is 0.335 e. The van der Waals surface area contributed by atoms with Crippen molar-refractivity contribution in [1.82, 2.24) is 19.8 Å². The topological polar surface area (TPSA) is 86.4 Å². The Hall–Kier alpha value is -2.96. The fourth-order valence-electron chi connectivity index (χ4n) is 4.70. The van der Waals surface area contributed by atoms with Crippen molar-refractivity contribution in [3.05, 3.63) is 63.8 Å². The number of carbonyl (C=O) groups is 2. The molecule has 2 saturated heterocycles. The second-order valence-corrected chi connectivity index (χ2v) is 7.81. The van der Waals surface area contributed by atoms with E-state index in [1.54, 1.807) is 17.2 Å². The maximum absolute atomic E-state index is 13.6. The van der Waals surface area contributed by atoms with Gasteiger partial charge in [-0.3, -0.25) is 19.4 Å². The number of aromatic amines is 1. The van der Waals surface area contributed by atoms with E-state index < -0.39 is 5.54 Å². The second kappa shape index (κ2) is 7.81. The number of rotatable bonds is 4. The third-order valence-electron chi connectivity index (χ3n) is 6.10. The molecule has 2 amide bonds. The van der Waals surface area contributed by atoms with E-state index in [2.05, 4.69) is 9.97 Å². The van der Waals surface area contributed by atoms with Gasteiger partial charge in [0, 0.05) is 31.0 Å². The molecule has 29 heavy (non-hydrogen) atoms. The third kappa shape index (κ3) is 3.45. The molecule has 1 N–H and O–H groups in total. The minimum atomic E-state index is -0.786. The summed E-state index contributed by atoms with van der Waals surface area (Å²) in [7, 11) is 0. The third-order valence-corrected chi connectivity index (χ3v) is 6.10. The summed E-state index contributed by atoms with van der Waals surface area (Å²) in [5, 5.41) is 0. The number of pyridine rings is 2. The van der Waals surface area contributed by atoms with Crippen LogP contribution in [0.1, 0.15) is 54.4 Å². The summed E-state index contributed by atoms with van der Waals surface area (Å²) < 4.78 is 0. The number of aryl methyl sites for hydroxylation is 1. The first-order valence-electron chi connectivity index (χ1n) is 10.3. The number of nitrogens with one attached hydrogen (secondary N) is 1. The number of nitrogens with zero attached hydrogens (tertiary/aromatic N) is 3. The molecular weight excluding hydrogens is 368 g/mol. The molecule has 0 saturated carbocycles. The summed E-state index contributed by atoms with van der Waals surface area (Å²) in [6.45, 7) is 3.60. The number of likely N-dealkylation sites (tertiary alicyclic amines) is 2. The molecule has 2 aromatic rings. The second-order valence-electron chi connectivity index (χ2n) is 7.81. The Labute approximate surface area is 169 Å². The molecule has 1 spiro atoms. The minimum absolute atomic E-state index is 0.0164. The Kier molecular flexibility index (Phi) is 5.22. The summed E-state index contributed by atoms with van der Waals surface area (Å²) in [6.07, 6.45) is 5.31. The predicted octanol–water partition coefficient (Wildman–Crippen LogP) is 2.13. The van der Waals surface area contributed by atoms with Crippen LogP contribution in [0.15, 0.2) is 41.3 Å². The minimum Gasteiger partial charge on any atom is -0.335 e. The van der Waals surface area contributed by atoms with Gasteiger partial charge in [-0.15, -0.1) is 0 Å². The van der Waals surface area contributed by atoms with Crippen LogP contribution in [-0.4, -0.2) is 50.2 Å². The zero-order chi connectivity index (χ0) is 20.4. The van der Waals surface area contributed by atoms with E-state index in [0.29, 0.717) is 50.2 Å². The average Bonchev–Trinajstić information content (AvgIpc) is 3.16. The van der Waals surface area contributed by atoms with Crippen LogP contribution >= 0.6 is 0 Å². The van der Waals surface area contributed by atoms with E-state index in [4.69, 9.17) is 0 Å². The molecule has 1 atom stereocenters. The smallest absolute Gasteiger partial charge is 0.256 e. The Morgan fingerprint density at radius 1 is 1.14 bits per heavy atom. The van der Waals surface area contributed by atoms with Crippen LogP contribution in [-0.2, 0) is 17.8 Å². The van der Waals surface area contributed by atoms with Gasteiger partial charge in [-0.2, -0.15) is 0 Å². The van der Waals surface area contributed by atoms with Gasteiger partial charge >= 0.3 is 0 Å². The summed E-state index contributed by atoms with van der Waals surface area (Å²) >= 11 is 0. The van der Waals surface area contributed by atoms with Gasteiger partial charge in [0.05, 0.1) is 17.8 Å². The molecule has 1 unspecified atom stereocenters. The van der Waals surface area contributed by atoms with Gasteiger partial charge in [-0.1, -0.05) is 13.0 Å². The molecule has 2 fully saturated rings. The van der Waals surface area contributed by atoms with Crippen LogP contribution < -0.4 is 5.56 Å². The lowest BCUT2D eigenvalue weighted by Gasteiger charge is -2.44. The van der Waals surface area contributed by atoms with E-state index >= 15 is 0 Å². The van der Waals surface area contributed by atoms with Crippen LogP contribution in [0.25, 0.3) is 0 Å². The number of hydrogen-bond acceptors (Lipinski definition) is 4. The number of H-pyrrole nitrogens is 1. The molecule has 2 aliphatic heterocycles. The molecule has 4 heterocycles. The first kappa shape index (κ1) is 19.4. The van der Waals surface area contributed by atoms with Crippen LogP contribution in [0.4, 0.5) is 0 Å². The lowest BCUT2D eigenvalue weighted by atomic mass is 9.84. The Morgan fingerprint density at radius 2 is 1.93 bits per heavy atom. The Balaban J connectivity index is 1.63. The monoisotopic (exact) mass is 394 g/mol. The number of carbonyl (C=O) groups excluding carboxylic acids is 2. The highest BCUT2D eigenvalue weighted by molar-refractivity contribution is 6.00. The molecular formula is C22H26N4O3. The average molecular weight is 394 g/mol. The maximum Gasteiger partial charge on any atom is 0.256 e. The van der Waals surface area contributed by atoms with Gasteiger partial charge in [0.2, 0.25) is 11.5 Å². The van der Waals surface area contributed by atoms with Crippen molar-refractivity contribution >= 4 is 11.8 Å². The predicted molar refractivity (Wildman–Crippen MR) is 108 cm³/mol. The molecule has 7 heteroatoms. The van der Waals surface area contributed by atoms with Gasteiger partial charge < -0.3 is 14.8 Å². The zero-order valence-corrected chi connectivity index (χ0v) is 16.7. The van der Waals surface area contributed by atoms with Crippen molar-refractivity contribution in [2.24, 2.45) is 0 Å². The Bertz CT molecular complexity index is 972. The summed E-state index contributed by atoms with van der Waals surface area (Å²) in [4.78, 5) is 49.4. The fourth-order valence-corrected chi connectivity index (χ4v) is 4.70. The van der Waals surface area contributed by atoms with E-state index in [9.17, 15) is 14.4 Å². The molecule has 0 aliphatic carbocycles. The standard InChI is InChI=1S/C22H26N4O3/c1-2-18-17(8-9-19(27)24-18)20(28)26-14-6-11-22(26)10-5-13-25(21(22)29)15-16-7-3-4-12-23-16/h3-4,7-9,12H,2,5-6,10-11,13-15H2,1H3,(H,24,27). The van der Waals surface area contributed by atoms with Crippen molar-refractivity contribution < 1.29 is 9.59 Å². The van der Waals surface area contributed by atoms with Gasteiger partial charge in [0.15, 0.2) is 0 Å². The van der Waals surface area contributed by atoms with E-state index in [0.717, 1.165) is 18.5 Å². The van der Waals surface area contributed by atoms with Crippen molar-refractivity contribution in [3.63, 3.8) is 0 Å². The van der Waals surface area contributed by atoms with Crippen molar-refractivity contribution in [3.8, 4) is 0 Å².